The Balaban J connectivity index is 1.31. The van der Waals surface area contributed by atoms with E-state index in [0.717, 1.165) is 4.90 Å². The van der Waals surface area contributed by atoms with Crippen LogP contribution in [-0.2, 0) is 23.8 Å². The third-order valence-corrected chi connectivity index (χ3v) is 9.78. The molecule has 7 aliphatic heterocycles. The summed E-state index contributed by atoms with van der Waals surface area (Å²) in [6.45, 7) is 0. The number of imide groups is 1. The lowest BCUT2D eigenvalue weighted by Gasteiger charge is -2.63. The van der Waals surface area contributed by atoms with Gasteiger partial charge in [-0.2, -0.15) is 26.3 Å². The Morgan fingerprint density at radius 3 is 1.58 bits per heavy atom. The predicted molar refractivity (Wildman–Crippen MR) is 90.9 cm³/mol. The lowest BCUT2D eigenvalue weighted by Crippen LogP contribution is -2.76. The molecule has 7 heterocycles. The second-order valence-corrected chi connectivity index (χ2v) is 10.3. The molecule has 6 bridgehead atoms. The van der Waals surface area contributed by atoms with Crippen LogP contribution in [0.4, 0.5) is 26.3 Å². The Kier molecular flexibility index (Phi) is 2.88. The first kappa shape index (κ1) is 19.4. The highest BCUT2D eigenvalue weighted by atomic mass is 19.4. The molecule has 5 saturated heterocycles. The number of hydrogen-bond donors (Lipinski definition) is 0. The lowest BCUT2D eigenvalue weighted by atomic mass is 9.32. The predicted octanol–water partition coefficient (Wildman–Crippen LogP) is 1.76. The average Bonchev–Trinajstić information content (AvgIpc) is 3.50. The minimum absolute atomic E-state index is 0.454. The van der Waals surface area contributed by atoms with Crippen LogP contribution in [0.25, 0.3) is 0 Å². The fourth-order valence-corrected chi connectivity index (χ4v) is 9.29. The molecule has 0 aromatic rings. The number of carbonyl (C=O) groups excluding carboxylic acids is 2. The van der Waals surface area contributed by atoms with Crippen molar-refractivity contribution in [1.82, 2.24) is 4.90 Å². The Hall–Kier alpha value is -1.92. The van der Waals surface area contributed by atoms with Gasteiger partial charge in [0, 0.05) is 30.7 Å². The number of fused-ring (bicyclic) bond motifs is 14. The van der Waals surface area contributed by atoms with Crippen molar-refractivity contribution in [3.05, 3.63) is 23.3 Å². The summed E-state index contributed by atoms with van der Waals surface area (Å²) in [7, 11) is 1.37. The van der Waals surface area contributed by atoms with Crippen LogP contribution in [0.2, 0.25) is 0 Å². The zero-order valence-electron chi connectivity index (χ0n) is 16.7. The van der Waals surface area contributed by atoms with Gasteiger partial charge in [0.1, 0.15) is 10.8 Å². The fourth-order valence-electron chi connectivity index (χ4n) is 9.29. The maximum atomic E-state index is 13.8. The minimum Gasteiger partial charge on any atom is -0.373 e. The third kappa shape index (κ3) is 1.54. The highest BCUT2D eigenvalue weighted by Gasteiger charge is 2.97. The Morgan fingerprint density at radius 2 is 1.18 bits per heavy atom. The summed E-state index contributed by atoms with van der Waals surface area (Å²) in [5.74, 6) is -4.06. The Labute approximate surface area is 181 Å². The van der Waals surface area contributed by atoms with Crippen LogP contribution in [0.1, 0.15) is 0 Å². The first-order valence-corrected chi connectivity index (χ1v) is 10.7. The van der Waals surface area contributed by atoms with Crippen LogP contribution in [-0.4, -0.2) is 72.7 Å². The number of likely N-dealkylation sites (tertiary alicyclic amines) is 1. The van der Waals surface area contributed by atoms with Crippen LogP contribution < -0.4 is 0 Å². The van der Waals surface area contributed by atoms with Crippen molar-refractivity contribution in [2.75, 3.05) is 7.05 Å². The summed E-state index contributed by atoms with van der Waals surface area (Å²) in [4.78, 5) is 27.9. The molecule has 0 spiro atoms. The molecule has 8 rings (SSSR count). The molecule has 176 valence electrons. The molecule has 2 amide bonds. The second kappa shape index (κ2) is 4.90. The van der Waals surface area contributed by atoms with E-state index in [0.29, 0.717) is 0 Å². The van der Waals surface area contributed by atoms with Gasteiger partial charge >= 0.3 is 12.4 Å². The molecule has 0 radical (unpaired) electrons. The summed E-state index contributed by atoms with van der Waals surface area (Å²) in [5.41, 5.74) is -5.95. The molecule has 8 aliphatic rings. The van der Waals surface area contributed by atoms with E-state index in [1.54, 1.807) is 12.2 Å². The molecule has 0 aromatic heterocycles. The van der Waals surface area contributed by atoms with E-state index in [4.69, 9.17) is 14.2 Å². The number of rotatable bonds is 0. The van der Waals surface area contributed by atoms with Gasteiger partial charge in [0.25, 0.3) is 0 Å². The molecule has 0 N–H and O–H groups in total. The summed E-state index contributed by atoms with van der Waals surface area (Å²) >= 11 is 0. The van der Waals surface area contributed by atoms with E-state index in [9.17, 15) is 35.9 Å². The average molecular weight is 475 g/mol. The van der Waals surface area contributed by atoms with Gasteiger partial charge < -0.3 is 14.2 Å². The number of amides is 2. The number of carbonyl (C=O) groups is 2. The third-order valence-electron chi connectivity index (χ3n) is 9.78. The van der Waals surface area contributed by atoms with Crippen LogP contribution >= 0.6 is 0 Å². The number of ether oxygens (including phenoxy) is 3. The highest BCUT2D eigenvalue weighted by Crippen LogP contribution is 2.85. The largest absolute Gasteiger partial charge is 0.415 e. The van der Waals surface area contributed by atoms with Gasteiger partial charge in [-0.25, -0.2) is 0 Å². The monoisotopic (exact) mass is 475 g/mol. The zero-order valence-corrected chi connectivity index (χ0v) is 16.7. The topological polar surface area (TPSA) is 65.1 Å². The van der Waals surface area contributed by atoms with E-state index < -0.39 is 106 Å². The molecule has 0 aromatic carbocycles. The Morgan fingerprint density at radius 1 is 0.758 bits per heavy atom. The SMILES string of the molecule is CN1C(=O)[C@@]23[C@H]4[C@H]5O[C@H]([C@H]6[C@@H]5[C@H]5O[C@@H]6C(C(F)(F)F)=C5C(F)(F)F)[C@H]4[C@]2(C1=O)[C@H]1C=C[C@@H]3O1. The summed E-state index contributed by atoms with van der Waals surface area (Å²) in [6.07, 6.45) is -13.9. The van der Waals surface area contributed by atoms with E-state index in [2.05, 4.69) is 0 Å². The van der Waals surface area contributed by atoms with Crippen molar-refractivity contribution in [1.29, 1.82) is 0 Å². The molecule has 0 unspecified atom stereocenters. The molecule has 12 heteroatoms. The van der Waals surface area contributed by atoms with E-state index in [1.807, 2.05) is 0 Å². The Bertz CT molecular complexity index is 1060. The van der Waals surface area contributed by atoms with Gasteiger partial charge in [-0.15, -0.1) is 0 Å². The van der Waals surface area contributed by atoms with Crippen molar-refractivity contribution in [3.63, 3.8) is 0 Å². The molecule has 1 aliphatic carbocycles. The van der Waals surface area contributed by atoms with Crippen LogP contribution in [0.3, 0.4) is 0 Å². The number of hydrogen-bond acceptors (Lipinski definition) is 5. The molecular weight excluding hydrogens is 460 g/mol. The smallest absolute Gasteiger partial charge is 0.373 e. The van der Waals surface area contributed by atoms with Crippen molar-refractivity contribution < 1.29 is 50.1 Å². The van der Waals surface area contributed by atoms with E-state index >= 15 is 0 Å². The number of alkyl halides is 6. The van der Waals surface area contributed by atoms with Gasteiger partial charge in [0.15, 0.2) is 0 Å². The highest BCUT2D eigenvalue weighted by molar-refractivity contribution is 6.13. The molecule has 6 nitrogen and oxygen atoms in total. The van der Waals surface area contributed by atoms with Crippen LogP contribution in [0, 0.1) is 34.5 Å². The summed E-state index contributed by atoms with van der Waals surface area (Å²) < 4.78 is 100. The fraction of sp³-hybridized carbons (Fsp3) is 0.714. The molecule has 12 atom stereocenters. The molecular formula is C21H15F6NO5. The minimum atomic E-state index is -5.21. The normalized spacial score (nSPS) is 56.6. The molecule has 6 fully saturated rings. The van der Waals surface area contributed by atoms with Crippen molar-refractivity contribution in [2.24, 2.45) is 34.5 Å². The first-order chi connectivity index (χ1) is 15.4. The summed E-state index contributed by atoms with van der Waals surface area (Å²) in [5, 5.41) is 0. The maximum absolute atomic E-state index is 13.8. The van der Waals surface area contributed by atoms with Crippen molar-refractivity contribution in [2.45, 2.75) is 49.0 Å². The van der Waals surface area contributed by atoms with E-state index in [1.165, 1.54) is 7.05 Å². The van der Waals surface area contributed by atoms with Gasteiger partial charge in [-0.05, 0) is 0 Å². The van der Waals surface area contributed by atoms with Crippen LogP contribution in [0.5, 0.6) is 0 Å². The quantitative estimate of drug-likeness (QED) is 0.304. The second-order valence-electron chi connectivity index (χ2n) is 10.3. The van der Waals surface area contributed by atoms with Crippen molar-refractivity contribution >= 4 is 11.8 Å². The van der Waals surface area contributed by atoms with E-state index in [-0.39, 0.29) is 0 Å². The number of halogens is 6. The molecule has 33 heavy (non-hydrogen) atoms. The first-order valence-electron chi connectivity index (χ1n) is 10.7. The van der Waals surface area contributed by atoms with Gasteiger partial charge in [0.2, 0.25) is 11.8 Å². The maximum Gasteiger partial charge on any atom is 0.415 e. The standard InChI is InChI=1S/C21H15F6NO5/c1-28-16(29)18-4-2-3-5(31-4)19(18,17(28)30)9-8(18)12-6-7(13(9)32-12)15-11(21(25,26)27)10(14(6)33-15)20(22,23)24/h2-9,12-15H,1H3/t4-,5+,6-,7+,8+,9-,12-,13+,14+,15-,18+,19-. The van der Waals surface area contributed by atoms with Crippen LogP contribution in [0.15, 0.2) is 23.3 Å². The number of nitrogens with zero attached hydrogens (tertiary/aromatic N) is 1. The van der Waals surface area contributed by atoms with Gasteiger partial charge in [0.05, 0.1) is 47.8 Å². The molecule has 1 saturated carbocycles. The van der Waals surface area contributed by atoms with Gasteiger partial charge in [-0.1, -0.05) is 12.2 Å². The van der Waals surface area contributed by atoms with Gasteiger partial charge in [-0.3, -0.25) is 14.5 Å². The zero-order chi connectivity index (χ0) is 23.2. The van der Waals surface area contributed by atoms with Crippen molar-refractivity contribution in [3.8, 4) is 0 Å². The summed E-state index contributed by atoms with van der Waals surface area (Å²) in [6, 6.07) is 0. The lowest BCUT2D eigenvalue weighted by molar-refractivity contribution is -0.196.